The second-order valence-electron chi connectivity index (χ2n) is 6.15. The molecule has 1 aromatic rings. The summed E-state index contributed by atoms with van der Waals surface area (Å²) in [5, 5.41) is 0. The molecule has 2 N–H and O–H groups in total. The average Bonchev–Trinajstić information content (AvgIpc) is 2.46. The lowest BCUT2D eigenvalue weighted by Gasteiger charge is -2.38. The Bertz CT molecular complexity index is 643. The Morgan fingerprint density at radius 1 is 1.36 bits per heavy atom. The van der Waals surface area contributed by atoms with E-state index >= 15 is 0 Å². The molecule has 0 aromatic heterocycles. The Balaban J connectivity index is 2.55. The average molecular weight is 326 g/mol. The number of benzene rings is 1. The highest BCUT2D eigenvalue weighted by molar-refractivity contribution is 7.89. The van der Waals surface area contributed by atoms with E-state index in [0.29, 0.717) is 18.8 Å². The molecular weight excluding hydrogens is 300 g/mol. The van der Waals surface area contributed by atoms with Gasteiger partial charge in [0.15, 0.2) is 0 Å². The SMILES string of the molecule is COc1c(C)cc(C)cc1S(=O)(=O)N1CCCC(C)C1CN. The molecule has 1 heterocycles. The molecule has 0 spiro atoms. The lowest BCUT2D eigenvalue weighted by Crippen LogP contribution is -2.51. The first-order chi connectivity index (χ1) is 10.3. The molecule has 6 heteroatoms. The second kappa shape index (κ2) is 6.56. The Hall–Kier alpha value is -1.11. The minimum Gasteiger partial charge on any atom is -0.495 e. The normalized spacial score (nSPS) is 23.5. The zero-order chi connectivity index (χ0) is 16.5. The first-order valence-corrected chi connectivity index (χ1v) is 9.14. The first kappa shape index (κ1) is 17.2. The topological polar surface area (TPSA) is 72.6 Å². The van der Waals surface area contributed by atoms with Crippen molar-refractivity contribution in [3.8, 4) is 5.75 Å². The maximum Gasteiger partial charge on any atom is 0.247 e. The summed E-state index contributed by atoms with van der Waals surface area (Å²) in [6, 6.07) is 3.47. The van der Waals surface area contributed by atoms with Gasteiger partial charge in [0.1, 0.15) is 10.6 Å². The van der Waals surface area contributed by atoms with Crippen molar-refractivity contribution >= 4 is 10.0 Å². The number of sulfonamides is 1. The van der Waals surface area contributed by atoms with E-state index in [0.717, 1.165) is 24.0 Å². The van der Waals surface area contributed by atoms with E-state index < -0.39 is 10.0 Å². The lowest BCUT2D eigenvalue weighted by atomic mass is 9.93. The smallest absolute Gasteiger partial charge is 0.247 e. The third kappa shape index (κ3) is 3.00. The van der Waals surface area contributed by atoms with Crippen LogP contribution in [0.25, 0.3) is 0 Å². The fourth-order valence-corrected chi connectivity index (χ4v) is 5.44. The van der Waals surface area contributed by atoms with E-state index in [2.05, 4.69) is 6.92 Å². The van der Waals surface area contributed by atoms with Gasteiger partial charge in [0.05, 0.1) is 7.11 Å². The van der Waals surface area contributed by atoms with Crippen LogP contribution in [0.4, 0.5) is 0 Å². The van der Waals surface area contributed by atoms with Gasteiger partial charge in [0.25, 0.3) is 0 Å². The summed E-state index contributed by atoms with van der Waals surface area (Å²) in [7, 11) is -2.11. The van der Waals surface area contributed by atoms with Gasteiger partial charge >= 0.3 is 0 Å². The minimum absolute atomic E-state index is 0.149. The number of hydrogen-bond acceptors (Lipinski definition) is 4. The van der Waals surface area contributed by atoms with Gasteiger partial charge in [0.2, 0.25) is 10.0 Å². The molecule has 22 heavy (non-hydrogen) atoms. The van der Waals surface area contributed by atoms with Crippen molar-refractivity contribution < 1.29 is 13.2 Å². The van der Waals surface area contributed by atoms with Gasteiger partial charge in [0, 0.05) is 19.1 Å². The van der Waals surface area contributed by atoms with Crippen LogP contribution >= 0.6 is 0 Å². The van der Waals surface area contributed by atoms with Gasteiger partial charge in [-0.3, -0.25) is 0 Å². The highest BCUT2D eigenvalue weighted by Gasteiger charge is 2.38. The Morgan fingerprint density at radius 3 is 2.64 bits per heavy atom. The summed E-state index contributed by atoms with van der Waals surface area (Å²) < 4.78 is 33.3. The monoisotopic (exact) mass is 326 g/mol. The van der Waals surface area contributed by atoms with Crippen LogP contribution < -0.4 is 10.5 Å². The lowest BCUT2D eigenvalue weighted by molar-refractivity contribution is 0.192. The summed E-state index contributed by atoms with van der Waals surface area (Å²) in [5.41, 5.74) is 7.59. The maximum absolute atomic E-state index is 13.2. The van der Waals surface area contributed by atoms with E-state index in [1.54, 1.807) is 10.4 Å². The van der Waals surface area contributed by atoms with Crippen molar-refractivity contribution in [1.82, 2.24) is 4.31 Å². The van der Waals surface area contributed by atoms with E-state index in [4.69, 9.17) is 10.5 Å². The Labute approximate surface area is 133 Å². The van der Waals surface area contributed by atoms with Crippen LogP contribution in [0, 0.1) is 19.8 Å². The largest absolute Gasteiger partial charge is 0.495 e. The zero-order valence-electron chi connectivity index (χ0n) is 13.8. The summed E-state index contributed by atoms with van der Waals surface area (Å²) in [6.45, 7) is 6.69. The van der Waals surface area contributed by atoms with Crippen LogP contribution in [0.5, 0.6) is 5.75 Å². The molecule has 0 aliphatic carbocycles. The molecule has 1 aliphatic heterocycles. The molecule has 1 aromatic carbocycles. The van der Waals surface area contributed by atoms with Gasteiger partial charge < -0.3 is 10.5 Å². The molecule has 0 amide bonds. The maximum atomic E-state index is 13.2. The van der Waals surface area contributed by atoms with Crippen LogP contribution in [-0.2, 0) is 10.0 Å². The van der Waals surface area contributed by atoms with Crippen molar-refractivity contribution in [2.45, 2.75) is 44.6 Å². The van der Waals surface area contributed by atoms with Gasteiger partial charge in [-0.2, -0.15) is 4.31 Å². The molecule has 0 radical (unpaired) electrons. The summed E-state index contributed by atoms with van der Waals surface area (Å²) >= 11 is 0. The van der Waals surface area contributed by atoms with E-state index in [9.17, 15) is 8.42 Å². The van der Waals surface area contributed by atoms with Crippen LogP contribution in [0.15, 0.2) is 17.0 Å². The number of ether oxygens (including phenoxy) is 1. The number of nitrogens with zero attached hydrogens (tertiary/aromatic N) is 1. The van der Waals surface area contributed by atoms with E-state index in [-0.39, 0.29) is 16.9 Å². The fraction of sp³-hybridized carbons (Fsp3) is 0.625. The molecule has 0 bridgehead atoms. The molecule has 5 nitrogen and oxygen atoms in total. The summed E-state index contributed by atoms with van der Waals surface area (Å²) in [5.74, 6) is 0.699. The van der Waals surface area contributed by atoms with Crippen LogP contribution in [-0.4, -0.2) is 39.0 Å². The predicted molar refractivity (Wildman–Crippen MR) is 87.6 cm³/mol. The summed E-state index contributed by atoms with van der Waals surface area (Å²) in [4.78, 5) is 0.250. The van der Waals surface area contributed by atoms with Crippen molar-refractivity contribution in [1.29, 1.82) is 0 Å². The Kier molecular flexibility index (Phi) is 5.14. The van der Waals surface area contributed by atoms with Crippen molar-refractivity contribution in [2.24, 2.45) is 11.7 Å². The number of nitrogens with two attached hydrogens (primary N) is 1. The molecular formula is C16H26N2O3S. The molecule has 1 fully saturated rings. The molecule has 1 aliphatic rings. The van der Waals surface area contributed by atoms with Crippen molar-refractivity contribution in [2.75, 3.05) is 20.2 Å². The van der Waals surface area contributed by atoms with Crippen molar-refractivity contribution in [3.05, 3.63) is 23.3 Å². The minimum atomic E-state index is -3.62. The van der Waals surface area contributed by atoms with E-state index in [1.807, 2.05) is 19.9 Å². The van der Waals surface area contributed by atoms with Gasteiger partial charge in [-0.25, -0.2) is 8.42 Å². The number of hydrogen-bond donors (Lipinski definition) is 1. The number of rotatable bonds is 4. The van der Waals surface area contributed by atoms with Gasteiger partial charge in [-0.05, 0) is 49.8 Å². The quantitative estimate of drug-likeness (QED) is 0.919. The highest BCUT2D eigenvalue weighted by atomic mass is 32.2. The third-order valence-electron chi connectivity index (χ3n) is 4.48. The molecule has 0 saturated carbocycles. The Morgan fingerprint density at radius 2 is 2.05 bits per heavy atom. The molecule has 1 saturated heterocycles. The predicted octanol–water partition coefficient (Wildman–Crippen LogP) is 2.06. The molecule has 2 rings (SSSR count). The van der Waals surface area contributed by atoms with Crippen LogP contribution in [0.3, 0.4) is 0 Å². The molecule has 2 atom stereocenters. The van der Waals surface area contributed by atoms with Crippen LogP contribution in [0.1, 0.15) is 30.9 Å². The number of piperidine rings is 1. The molecule has 2 unspecified atom stereocenters. The van der Waals surface area contributed by atoms with Crippen molar-refractivity contribution in [3.63, 3.8) is 0 Å². The standard InChI is InChI=1S/C16H26N2O3S/c1-11-8-13(3)16(21-4)15(9-11)22(19,20)18-7-5-6-12(2)14(18)10-17/h8-9,12,14H,5-7,10,17H2,1-4H3. The third-order valence-corrected chi connectivity index (χ3v) is 6.41. The molecule has 124 valence electrons. The number of aryl methyl sites for hydroxylation is 2. The first-order valence-electron chi connectivity index (χ1n) is 7.70. The fourth-order valence-electron chi connectivity index (χ4n) is 3.35. The van der Waals surface area contributed by atoms with Gasteiger partial charge in [-0.15, -0.1) is 0 Å². The summed E-state index contributed by atoms with van der Waals surface area (Å²) in [6.07, 6.45) is 1.88. The van der Waals surface area contributed by atoms with Crippen LogP contribution in [0.2, 0.25) is 0 Å². The number of methoxy groups -OCH3 is 1. The second-order valence-corrected chi connectivity index (χ2v) is 8.01. The van der Waals surface area contributed by atoms with Gasteiger partial charge in [-0.1, -0.05) is 13.0 Å². The van der Waals surface area contributed by atoms with E-state index in [1.165, 1.54) is 7.11 Å². The zero-order valence-corrected chi connectivity index (χ0v) is 14.6. The highest BCUT2D eigenvalue weighted by Crippen LogP contribution is 2.35.